The highest BCUT2D eigenvalue weighted by Crippen LogP contribution is 2.36. The van der Waals surface area contributed by atoms with Crippen LogP contribution in [0.1, 0.15) is 20.8 Å². The molecule has 0 atom stereocenters. The minimum Gasteiger partial charge on any atom is -0.303 e. The van der Waals surface area contributed by atoms with E-state index in [1.54, 1.807) is 0 Å². The zero-order valence-corrected chi connectivity index (χ0v) is 8.56. The van der Waals surface area contributed by atoms with Crippen molar-refractivity contribution in [2.45, 2.75) is 38.9 Å². The van der Waals surface area contributed by atoms with Gasteiger partial charge >= 0.3 is 0 Å². The Bertz CT molecular complexity index is 122. The second kappa shape index (κ2) is 2.87. The molecule has 0 aromatic rings. The molecule has 0 aliphatic rings. The minimum atomic E-state index is -1.40. The fourth-order valence-corrected chi connectivity index (χ4v) is 1.26. The van der Waals surface area contributed by atoms with E-state index < -0.39 is 8.07 Å². The molecule has 1 radical (unpaired) electrons. The molecule has 0 aromatic heterocycles. The lowest BCUT2D eigenvalue weighted by Gasteiger charge is -2.34. The molecule has 0 N–H and O–H groups in total. The van der Waals surface area contributed by atoms with Gasteiger partial charge in [0.2, 0.25) is 0 Å². The zero-order chi connectivity index (χ0) is 8.41. The molecule has 10 heavy (non-hydrogen) atoms. The first-order valence-corrected chi connectivity index (χ1v) is 6.69. The van der Waals surface area contributed by atoms with Crippen LogP contribution in [0, 0.1) is 6.04 Å². The van der Waals surface area contributed by atoms with Gasteiger partial charge in [-0.2, -0.15) is 0 Å². The normalized spacial score (nSPS) is 13.3. The maximum atomic E-state index is 10.2. The predicted octanol–water partition coefficient (Wildman–Crippen LogP) is 2.44. The minimum absolute atomic E-state index is 0.300. The number of rotatable bonds is 2. The van der Waals surface area contributed by atoms with Crippen LogP contribution in [0.2, 0.25) is 18.1 Å². The van der Waals surface area contributed by atoms with Crippen molar-refractivity contribution in [3.63, 3.8) is 0 Å². The molecule has 59 valence electrons. The van der Waals surface area contributed by atoms with Gasteiger partial charge in [0, 0.05) is 6.04 Å². The number of hydrogen-bond acceptors (Lipinski definition) is 1. The fraction of sp³-hybridized carbons (Fsp3) is 0.750. The first kappa shape index (κ1) is 9.89. The van der Waals surface area contributed by atoms with Crippen molar-refractivity contribution >= 4 is 14.4 Å². The first-order chi connectivity index (χ1) is 4.31. The molecule has 0 amide bonds. The Morgan fingerprint density at radius 3 is 1.70 bits per heavy atom. The smallest absolute Gasteiger partial charge is 0.120 e. The summed E-state index contributed by atoms with van der Waals surface area (Å²) in [6.07, 6.45) is 0.942. The summed E-state index contributed by atoms with van der Waals surface area (Å²) in [4.78, 5) is 10.2. The van der Waals surface area contributed by atoms with E-state index in [0.717, 1.165) is 6.29 Å². The van der Waals surface area contributed by atoms with E-state index in [1.165, 1.54) is 0 Å². The highest BCUT2D eigenvalue weighted by molar-refractivity contribution is 6.85. The molecule has 0 bridgehead atoms. The van der Waals surface area contributed by atoms with Crippen LogP contribution in [0.25, 0.3) is 0 Å². The van der Waals surface area contributed by atoms with E-state index in [2.05, 4.69) is 33.9 Å². The van der Waals surface area contributed by atoms with Crippen LogP contribution in [-0.4, -0.2) is 14.4 Å². The second-order valence-electron chi connectivity index (χ2n) is 4.27. The van der Waals surface area contributed by atoms with Gasteiger partial charge in [-0.05, 0) is 5.04 Å². The maximum absolute atomic E-state index is 10.2. The maximum Gasteiger partial charge on any atom is 0.120 e. The van der Waals surface area contributed by atoms with Gasteiger partial charge in [-0.15, -0.1) is 0 Å². The van der Waals surface area contributed by atoms with Gasteiger partial charge in [-0.3, -0.25) is 0 Å². The molecule has 0 aliphatic carbocycles. The molecule has 0 unspecified atom stereocenters. The van der Waals surface area contributed by atoms with Gasteiger partial charge in [0.15, 0.2) is 0 Å². The lowest BCUT2D eigenvalue weighted by molar-refractivity contribution is -0.104. The van der Waals surface area contributed by atoms with Gasteiger partial charge < -0.3 is 4.79 Å². The predicted molar refractivity (Wildman–Crippen MR) is 47.6 cm³/mol. The molecule has 1 nitrogen and oxygen atoms in total. The Hall–Kier alpha value is -0.113. The Labute approximate surface area is 64.8 Å². The molecule has 0 saturated heterocycles. The standard InChI is InChI=1S/C8H17OSi/c1-8(2,3)10(4,5)7-6-9/h6-7H,1-5H3. The van der Waals surface area contributed by atoms with Crippen molar-refractivity contribution in [2.75, 3.05) is 0 Å². The van der Waals surface area contributed by atoms with Gasteiger partial charge in [0.25, 0.3) is 0 Å². The molecule has 0 aliphatic heterocycles. The summed E-state index contributed by atoms with van der Waals surface area (Å²) >= 11 is 0. The summed E-state index contributed by atoms with van der Waals surface area (Å²) in [7, 11) is -1.40. The summed E-state index contributed by atoms with van der Waals surface area (Å²) in [5.41, 5.74) is 0. The van der Waals surface area contributed by atoms with E-state index in [0.29, 0.717) is 5.04 Å². The van der Waals surface area contributed by atoms with Gasteiger partial charge in [-0.25, -0.2) is 0 Å². The molecule has 0 saturated carbocycles. The molecule has 0 rings (SSSR count). The lowest BCUT2D eigenvalue weighted by Crippen LogP contribution is -2.38. The highest BCUT2D eigenvalue weighted by Gasteiger charge is 2.34. The van der Waals surface area contributed by atoms with Crippen LogP contribution in [0.4, 0.5) is 0 Å². The van der Waals surface area contributed by atoms with E-state index in [-0.39, 0.29) is 0 Å². The topological polar surface area (TPSA) is 17.1 Å². The third-order valence-corrected chi connectivity index (χ3v) is 7.25. The second-order valence-corrected chi connectivity index (χ2v) is 9.55. The summed E-state index contributed by atoms with van der Waals surface area (Å²) in [6, 6.07) is 1.85. The van der Waals surface area contributed by atoms with Crippen LogP contribution in [0.15, 0.2) is 0 Å². The molecule has 0 aromatic carbocycles. The number of carbonyl (C=O) groups is 1. The van der Waals surface area contributed by atoms with Crippen molar-refractivity contribution in [3.8, 4) is 0 Å². The number of carbonyl (C=O) groups excluding carboxylic acids is 1. The van der Waals surface area contributed by atoms with Crippen molar-refractivity contribution in [3.05, 3.63) is 6.04 Å². The van der Waals surface area contributed by atoms with E-state index in [9.17, 15) is 4.79 Å². The number of hydrogen-bond donors (Lipinski definition) is 0. The van der Waals surface area contributed by atoms with Gasteiger partial charge in [-0.1, -0.05) is 33.9 Å². The monoisotopic (exact) mass is 157 g/mol. The summed E-state index contributed by atoms with van der Waals surface area (Å²) in [5, 5.41) is 0.300. The average molecular weight is 157 g/mol. The van der Waals surface area contributed by atoms with Crippen molar-refractivity contribution in [2.24, 2.45) is 0 Å². The van der Waals surface area contributed by atoms with Crippen molar-refractivity contribution < 1.29 is 4.79 Å². The van der Waals surface area contributed by atoms with E-state index in [4.69, 9.17) is 0 Å². The molecular formula is C8H17OSi. The molecular weight excluding hydrogens is 140 g/mol. The third kappa shape index (κ3) is 2.25. The Morgan fingerprint density at radius 1 is 1.20 bits per heavy atom. The lowest BCUT2D eigenvalue weighted by atomic mass is 10.2. The van der Waals surface area contributed by atoms with E-state index in [1.807, 2.05) is 6.04 Å². The van der Waals surface area contributed by atoms with Crippen molar-refractivity contribution in [1.82, 2.24) is 0 Å². The Kier molecular flexibility index (Phi) is 2.83. The zero-order valence-electron chi connectivity index (χ0n) is 7.56. The summed E-state index contributed by atoms with van der Waals surface area (Å²) in [6.45, 7) is 11.0. The van der Waals surface area contributed by atoms with Crippen LogP contribution >= 0.6 is 0 Å². The largest absolute Gasteiger partial charge is 0.303 e. The van der Waals surface area contributed by atoms with Crippen LogP contribution in [-0.2, 0) is 4.79 Å². The number of aldehydes is 1. The summed E-state index contributed by atoms with van der Waals surface area (Å²) in [5.74, 6) is 0. The molecule has 0 heterocycles. The fourth-order valence-electron chi connectivity index (χ4n) is 0.420. The van der Waals surface area contributed by atoms with Gasteiger partial charge in [0.05, 0.1) is 8.07 Å². The van der Waals surface area contributed by atoms with Crippen LogP contribution < -0.4 is 0 Å². The summed E-state index contributed by atoms with van der Waals surface area (Å²) < 4.78 is 0. The van der Waals surface area contributed by atoms with Crippen LogP contribution in [0.3, 0.4) is 0 Å². The van der Waals surface area contributed by atoms with Crippen LogP contribution in [0.5, 0.6) is 0 Å². The molecule has 2 heteroatoms. The molecule has 0 fully saturated rings. The van der Waals surface area contributed by atoms with Gasteiger partial charge in [0.1, 0.15) is 6.29 Å². The molecule has 0 spiro atoms. The SMILES string of the molecule is CC(C)(C)[Si](C)(C)[CH]C=O. The highest BCUT2D eigenvalue weighted by atomic mass is 28.3. The Morgan fingerprint density at radius 2 is 1.60 bits per heavy atom. The average Bonchev–Trinajstić information content (AvgIpc) is 1.61. The quantitative estimate of drug-likeness (QED) is 0.444. The Balaban J connectivity index is 4.23. The first-order valence-electron chi connectivity index (χ1n) is 3.61. The third-order valence-electron chi connectivity index (χ3n) is 2.42. The van der Waals surface area contributed by atoms with Crippen molar-refractivity contribution in [1.29, 1.82) is 0 Å². The van der Waals surface area contributed by atoms with E-state index >= 15 is 0 Å².